The molecule has 8 heteroatoms. The highest BCUT2D eigenvalue weighted by molar-refractivity contribution is 6.03. The molecule has 1 saturated heterocycles. The first-order chi connectivity index (χ1) is 12.3. The molecule has 1 aromatic carbocycles. The number of carbonyl (C=O) groups is 1. The van der Waals surface area contributed by atoms with Gasteiger partial charge in [0, 0.05) is 11.8 Å². The summed E-state index contributed by atoms with van der Waals surface area (Å²) in [6.45, 7) is 2.95. The van der Waals surface area contributed by atoms with Gasteiger partial charge >= 0.3 is 5.69 Å². The van der Waals surface area contributed by atoms with Gasteiger partial charge in [-0.15, -0.1) is 0 Å². The summed E-state index contributed by atoms with van der Waals surface area (Å²) in [4.78, 5) is 28.2. The van der Waals surface area contributed by atoms with E-state index in [-0.39, 0.29) is 5.82 Å². The normalized spacial score (nSPS) is 28.1. The zero-order chi connectivity index (χ0) is 18.9. The highest BCUT2D eigenvalue weighted by Crippen LogP contribution is 2.41. The van der Waals surface area contributed by atoms with Crippen molar-refractivity contribution < 1.29 is 19.0 Å². The topological polar surface area (TPSA) is 93.5 Å². The number of benzene rings is 1. The molecular weight excluding hydrogens is 341 g/mol. The molecule has 1 aliphatic heterocycles. The van der Waals surface area contributed by atoms with Gasteiger partial charge in [0.2, 0.25) is 0 Å². The summed E-state index contributed by atoms with van der Waals surface area (Å²) in [5.41, 5.74) is -2.50. The number of carbonyl (C=O) groups excluding carboxylic acids is 1. The molecule has 4 atom stereocenters. The van der Waals surface area contributed by atoms with Crippen molar-refractivity contribution in [2.75, 3.05) is 5.32 Å². The van der Waals surface area contributed by atoms with E-state index in [1.165, 1.54) is 19.2 Å². The van der Waals surface area contributed by atoms with Gasteiger partial charge in [0.15, 0.2) is 11.9 Å². The molecule has 1 fully saturated rings. The highest BCUT2D eigenvalue weighted by atomic mass is 19.1. The monoisotopic (exact) mass is 361 g/mol. The number of alkyl halides is 1. The highest BCUT2D eigenvalue weighted by Gasteiger charge is 2.54. The standard InChI is InChI=1S/C18H20FN3O4/c1-3-12-14(23)18(2,19)16(26-12)22-10-9-13(21-17(22)25)20-15(24)11-7-5-4-6-8-11/h4-10,12,14,16,23H,3H2,1-2H3,(H,20,21,24,25). The van der Waals surface area contributed by atoms with E-state index < -0.39 is 35.7 Å². The second-order valence-corrected chi connectivity index (χ2v) is 6.35. The number of aromatic nitrogens is 2. The van der Waals surface area contributed by atoms with E-state index >= 15 is 0 Å². The zero-order valence-corrected chi connectivity index (χ0v) is 14.4. The fraction of sp³-hybridized carbons (Fsp3) is 0.389. The molecule has 2 N–H and O–H groups in total. The number of rotatable bonds is 4. The van der Waals surface area contributed by atoms with Crippen LogP contribution in [0.15, 0.2) is 47.4 Å². The molecule has 7 nitrogen and oxygen atoms in total. The maximum absolute atomic E-state index is 14.9. The van der Waals surface area contributed by atoms with Gasteiger partial charge in [-0.05, 0) is 31.5 Å². The third-order valence-electron chi connectivity index (χ3n) is 4.48. The smallest absolute Gasteiger partial charge is 0.351 e. The van der Waals surface area contributed by atoms with Crippen molar-refractivity contribution >= 4 is 11.7 Å². The third kappa shape index (κ3) is 3.25. The molecule has 2 heterocycles. The quantitative estimate of drug-likeness (QED) is 0.867. The maximum atomic E-state index is 14.9. The first-order valence-corrected chi connectivity index (χ1v) is 8.32. The zero-order valence-electron chi connectivity index (χ0n) is 14.4. The van der Waals surface area contributed by atoms with Crippen molar-refractivity contribution in [3.05, 3.63) is 58.6 Å². The lowest BCUT2D eigenvalue weighted by Gasteiger charge is -2.24. The lowest BCUT2D eigenvalue weighted by atomic mass is 9.97. The predicted molar refractivity (Wildman–Crippen MR) is 92.6 cm³/mol. The van der Waals surface area contributed by atoms with Crippen LogP contribution < -0.4 is 11.0 Å². The molecular formula is C18H20FN3O4. The van der Waals surface area contributed by atoms with E-state index in [1.807, 2.05) is 0 Å². The van der Waals surface area contributed by atoms with Crippen molar-refractivity contribution in [2.45, 2.75) is 44.4 Å². The van der Waals surface area contributed by atoms with Crippen LogP contribution in [0.1, 0.15) is 36.9 Å². The summed E-state index contributed by atoms with van der Waals surface area (Å²) >= 11 is 0. The largest absolute Gasteiger partial charge is 0.387 e. The van der Waals surface area contributed by atoms with Crippen LogP contribution in [-0.2, 0) is 4.74 Å². The van der Waals surface area contributed by atoms with Gasteiger partial charge < -0.3 is 15.2 Å². The van der Waals surface area contributed by atoms with Crippen LogP contribution in [0.5, 0.6) is 0 Å². The van der Waals surface area contributed by atoms with Crippen LogP contribution in [0.3, 0.4) is 0 Å². The van der Waals surface area contributed by atoms with Crippen LogP contribution in [0.2, 0.25) is 0 Å². The van der Waals surface area contributed by atoms with Crippen LogP contribution >= 0.6 is 0 Å². The number of nitrogens with zero attached hydrogens (tertiary/aromatic N) is 2. The number of aliphatic hydroxyl groups is 1. The fourth-order valence-electron chi connectivity index (χ4n) is 2.98. The van der Waals surface area contributed by atoms with Gasteiger partial charge in [-0.3, -0.25) is 9.36 Å². The summed E-state index contributed by atoms with van der Waals surface area (Å²) in [6, 6.07) is 9.86. The van der Waals surface area contributed by atoms with Crippen LogP contribution in [0, 0.1) is 0 Å². The molecule has 138 valence electrons. The van der Waals surface area contributed by atoms with Gasteiger partial charge in [0.1, 0.15) is 11.9 Å². The van der Waals surface area contributed by atoms with Gasteiger partial charge in [-0.25, -0.2) is 9.18 Å². The summed E-state index contributed by atoms with van der Waals surface area (Å²) < 4.78 is 21.4. The van der Waals surface area contributed by atoms with Gasteiger partial charge in [-0.1, -0.05) is 25.1 Å². The Balaban J connectivity index is 1.82. The molecule has 2 aromatic rings. The number of anilines is 1. The molecule has 0 saturated carbocycles. The Labute approximate surface area is 149 Å². The number of ether oxygens (including phenoxy) is 1. The van der Waals surface area contributed by atoms with E-state index in [2.05, 4.69) is 10.3 Å². The number of hydrogen-bond acceptors (Lipinski definition) is 5. The summed E-state index contributed by atoms with van der Waals surface area (Å²) in [7, 11) is 0. The van der Waals surface area contributed by atoms with E-state index in [0.29, 0.717) is 12.0 Å². The summed E-state index contributed by atoms with van der Waals surface area (Å²) in [6.07, 6.45) is -1.64. The Kier molecular flexibility index (Phi) is 4.88. The molecule has 0 spiro atoms. The Hall–Kier alpha value is -2.58. The second-order valence-electron chi connectivity index (χ2n) is 6.35. The van der Waals surface area contributed by atoms with E-state index in [0.717, 1.165) is 4.57 Å². The lowest BCUT2D eigenvalue weighted by Crippen LogP contribution is -2.42. The van der Waals surface area contributed by atoms with Crippen molar-refractivity contribution in [3.8, 4) is 0 Å². The third-order valence-corrected chi connectivity index (χ3v) is 4.48. The van der Waals surface area contributed by atoms with Crippen molar-refractivity contribution in [1.29, 1.82) is 0 Å². The number of nitrogens with one attached hydrogen (secondary N) is 1. The molecule has 1 aliphatic rings. The molecule has 0 bridgehead atoms. The second kappa shape index (κ2) is 6.97. The van der Waals surface area contributed by atoms with Crippen LogP contribution in [0.25, 0.3) is 0 Å². The van der Waals surface area contributed by atoms with Crippen molar-refractivity contribution in [3.63, 3.8) is 0 Å². The first kappa shape index (κ1) is 18.2. The minimum absolute atomic E-state index is 0.0475. The van der Waals surface area contributed by atoms with Crippen LogP contribution in [-0.4, -0.2) is 38.4 Å². The number of hydrogen-bond donors (Lipinski definition) is 2. The summed E-state index contributed by atoms with van der Waals surface area (Å²) in [5, 5.41) is 12.6. The molecule has 4 unspecified atom stereocenters. The molecule has 0 aliphatic carbocycles. The molecule has 0 radical (unpaired) electrons. The minimum Gasteiger partial charge on any atom is -0.387 e. The Bertz CT molecular complexity index is 853. The SMILES string of the molecule is CCC1OC(n2ccc(NC(=O)c3ccccc3)nc2=O)C(C)(F)C1O. The molecule has 1 aromatic heterocycles. The van der Waals surface area contributed by atoms with Crippen molar-refractivity contribution in [2.24, 2.45) is 0 Å². The molecule has 1 amide bonds. The molecule has 3 rings (SSSR count). The Morgan fingerprint density at radius 3 is 2.65 bits per heavy atom. The maximum Gasteiger partial charge on any atom is 0.351 e. The summed E-state index contributed by atoms with van der Waals surface area (Å²) in [5.74, 6) is -0.365. The number of aliphatic hydroxyl groups excluding tert-OH is 1. The Morgan fingerprint density at radius 2 is 2.08 bits per heavy atom. The number of amides is 1. The van der Waals surface area contributed by atoms with Gasteiger partial charge in [0.25, 0.3) is 5.91 Å². The van der Waals surface area contributed by atoms with Crippen molar-refractivity contribution in [1.82, 2.24) is 9.55 Å². The average molecular weight is 361 g/mol. The van der Waals surface area contributed by atoms with Crippen LogP contribution in [0.4, 0.5) is 10.2 Å². The van der Waals surface area contributed by atoms with Gasteiger partial charge in [-0.2, -0.15) is 4.98 Å². The Morgan fingerprint density at radius 1 is 1.38 bits per heavy atom. The van der Waals surface area contributed by atoms with E-state index in [1.54, 1.807) is 37.3 Å². The fourth-order valence-corrected chi connectivity index (χ4v) is 2.98. The van der Waals surface area contributed by atoms with E-state index in [4.69, 9.17) is 4.74 Å². The average Bonchev–Trinajstić information content (AvgIpc) is 2.85. The van der Waals surface area contributed by atoms with Gasteiger partial charge in [0.05, 0.1) is 6.10 Å². The van der Waals surface area contributed by atoms with E-state index in [9.17, 15) is 19.1 Å². The predicted octanol–water partition coefficient (Wildman–Crippen LogP) is 1.89. The molecule has 26 heavy (non-hydrogen) atoms. The lowest BCUT2D eigenvalue weighted by molar-refractivity contribution is -0.0509. The minimum atomic E-state index is -2.14. The number of halogens is 1. The first-order valence-electron chi connectivity index (χ1n) is 8.32.